The first-order valence-electron chi connectivity index (χ1n) is 7.27. The maximum atomic E-state index is 12.3. The zero-order valence-corrected chi connectivity index (χ0v) is 12.5. The molecular formula is C18H22N2O. The van der Waals surface area contributed by atoms with Crippen molar-refractivity contribution in [3.05, 3.63) is 60.2 Å². The molecule has 2 aromatic rings. The molecule has 0 aliphatic rings. The minimum Gasteiger partial charge on any atom is -0.397 e. The molecule has 110 valence electrons. The Hall–Kier alpha value is -2.29. The number of para-hydroxylation sites is 2. The van der Waals surface area contributed by atoms with Crippen molar-refractivity contribution < 1.29 is 4.79 Å². The Balaban J connectivity index is 2.08. The number of nitrogen functional groups attached to an aromatic ring is 1. The maximum Gasteiger partial charge on any atom is 0.225 e. The van der Waals surface area contributed by atoms with Crippen LogP contribution in [0.2, 0.25) is 0 Å². The number of carbonyl (C=O) groups excluding carboxylic acids is 1. The quantitative estimate of drug-likeness (QED) is 0.813. The van der Waals surface area contributed by atoms with Crippen molar-refractivity contribution in [2.24, 2.45) is 5.92 Å². The predicted molar refractivity (Wildman–Crippen MR) is 88.1 cm³/mol. The fraction of sp³-hybridized carbons (Fsp3) is 0.278. The molecule has 1 atom stereocenters. The molecule has 0 heterocycles. The Morgan fingerprint density at radius 1 is 1.05 bits per heavy atom. The van der Waals surface area contributed by atoms with Crippen LogP contribution in [-0.4, -0.2) is 5.91 Å². The Bertz CT molecular complexity index is 593. The van der Waals surface area contributed by atoms with E-state index in [4.69, 9.17) is 5.73 Å². The van der Waals surface area contributed by atoms with E-state index in [2.05, 4.69) is 31.3 Å². The van der Waals surface area contributed by atoms with Gasteiger partial charge in [0.1, 0.15) is 0 Å². The molecule has 3 heteroatoms. The van der Waals surface area contributed by atoms with Crippen molar-refractivity contribution >= 4 is 17.3 Å². The van der Waals surface area contributed by atoms with Gasteiger partial charge in [0.2, 0.25) is 5.91 Å². The van der Waals surface area contributed by atoms with Crippen LogP contribution in [0, 0.1) is 5.92 Å². The first-order valence-corrected chi connectivity index (χ1v) is 7.27. The Morgan fingerprint density at radius 3 is 2.29 bits per heavy atom. The van der Waals surface area contributed by atoms with Gasteiger partial charge in [-0.15, -0.1) is 0 Å². The minimum atomic E-state index is -0.00421. The minimum absolute atomic E-state index is 0.00421. The molecule has 3 N–H and O–H groups in total. The number of amides is 1. The van der Waals surface area contributed by atoms with Crippen molar-refractivity contribution in [1.29, 1.82) is 0 Å². The summed E-state index contributed by atoms with van der Waals surface area (Å²) in [5.74, 6) is 0.595. The van der Waals surface area contributed by atoms with Crippen LogP contribution in [-0.2, 0) is 4.79 Å². The lowest BCUT2D eigenvalue weighted by atomic mass is 9.85. The van der Waals surface area contributed by atoms with Crippen LogP contribution < -0.4 is 11.1 Å². The van der Waals surface area contributed by atoms with Gasteiger partial charge in [0.15, 0.2) is 0 Å². The molecule has 0 aliphatic carbocycles. The van der Waals surface area contributed by atoms with Crippen LogP contribution in [0.5, 0.6) is 0 Å². The summed E-state index contributed by atoms with van der Waals surface area (Å²) >= 11 is 0. The highest BCUT2D eigenvalue weighted by Gasteiger charge is 2.19. The van der Waals surface area contributed by atoms with E-state index in [-0.39, 0.29) is 11.8 Å². The van der Waals surface area contributed by atoms with Gasteiger partial charge < -0.3 is 11.1 Å². The van der Waals surface area contributed by atoms with E-state index >= 15 is 0 Å². The molecule has 0 saturated heterocycles. The first-order chi connectivity index (χ1) is 10.1. The fourth-order valence-corrected chi connectivity index (χ4v) is 2.45. The summed E-state index contributed by atoms with van der Waals surface area (Å²) in [5.41, 5.74) is 8.32. The number of hydrogen-bond donors (Lipinski definition) is 2. The standard InChI is InChI=1S/C18H22N2O/c1-13(2)15(14-8-4-3-5-9-14)12-18(21)20-17-11-7-6-10-16(17)19/h3-11,13,15H,12,19H2,1-2H3,(H,20,21). The highest BCUT2D eigenvalue weighted by Crippen LogP contribution is 2.28. The first kappa shape index (κ1) is 15.1. The number of anilines is 2. The summed E-state index contributed by atoms with van der Waals surface area (Å²) in [6.07, 6.45) is 0.454. The summed E-state index contributed by atoms with van der Waals surface area (Å²) in [5, 5.41) is 2.90. The summed E-state index contributed by atoms with van der Waals surface area (Å²) in [6.45, 7) is 4.28. The van der Waals surface area contributed by atoms with Crippen LogP contribution in [0.1, 0.15) is 31.7 Å². The van der Waals surface area contributed by atoms with E-state index in [1.165, 1.54) is 5.56 Å². The van der Waals surface area contributed by atoms with Gasteiger partial charge in [-0.1, -0.05) is 56.3 Å². The summed E-state index contributed by atoms with van der Waals surface area (Å²) < 4.78 is 0. The number of hydrogen-bond acceptors (Lipinski definition) is 2. The van der Waals surface area contributed by atoms with Gasteiger partial charge in [0.05, 0.1) is 11.4 Å². The molecule has 2 rings (SSSR count). The molecule has 0 saturated carbocycles. The van der Waals surface area contributed by atoms with E-state index in [0.29, 0.717) is 23.7 Å². The third kappa shape index (κ3) is 4.09. The molecule has 2 aromatic carbocycles. The van der Waals surface area contributed by atoms with Crippen molar-refractivity contribution in [1.82, 2.24) is 0 Å². The van der Waals surface area contributed by atoms with Gasteiger partial charge in [0.25, 0.3) is 0 Å². The van der Waals surface area contributed by atoms with Gasteiger partial charge in [-0.25, -0.2) is 0 Å². The lowest BCUT2D eigenvalue weighted by Crippen LogP contribution is -2.19. The van der Waals surface area contributed by atoms with E-state index in [1.807, 2.05) is 36.4 Å². The lowest BCUT2D eigenvalue weighted by molar-refractivity contribution is -0.116. The zero-order valence-electron chi connectivity index (χ0n) is 12.5. The fourth-order valence-electron chi connectivity index (χ4n) is 2.45. The normalized spacial score (nSPS) is 12.1. The van der Waals surface area contributed by atoms with Crippen molar-refractivity contribution in [2.75, 3.05) is 11.1 Å². The van der Waals surface area contributed by atoms with Crippen LogP contribution in [0.4, 0.5) is 11.4 Å². The van der Waals surface area contributed by atoms with E-state index in [0.717, 1.165) is 0 Å². The molecular weight excluding hydrogens is 260 g/mol. The molecule has 0 aliphatic heterocycles. The average molecular weight is 282 g/mol. The van der Waals surface area contributed by atoms with Gasteiger partial charge in [-0.3, -0.25) is 4.79 Å². The summed E-state index contributed by atoms with van der Waals surface area (Å²) in [7, 11) is 0. The predicted octanol–water partition coefficient (Wildman–Crippen LogP) is 4.04. The molecule has 3 nitrogen and oxygen atoms in total. The average Bonchev–Trinajstić information content (AvgIpc) is 2.48. The summed E-state index contributed by atoms with van der Waals surface area (Å²) in [4.78, 5) is 12.3. The summed E-state index contributed by atoms with van der Waals surface area (Å²) in [6, 6.07) is 17.5. The smallest absolute Gasteiger partial charge is 0.225 e. The molecule has 21 heavy (non-hydrogen) atoms. The Morgan fingerprint density at radius 2 is 1.67 bits per heavy atom. The number of benzene rings is 2. The topological polar surface area (TPSA) is 55.1 Å². The SMILES string of the molecule is CC(C)C(CC(=O)Nc1ccccc1N)c1ccccc1. The maximum absolute atomic E-state index is 12.3. The van der Waals surface area contributed by atoms with E-state index in [1.54, 1.807) is 6.07 Å². The van der Waals surface area contributed by atoms with Crippen LogP contribution >= 0.6 is 0 Å². The largest absolute Gasteiger partial charge is 0.397 e. The number of nitrogens with two attached hydrogens (primary N) is 1. The Labute approximate surface area is 126 Å². The van der Waals surface area contributed by atoms with Crippen LogP contribution in [0.3, 0.4) is 0 Å². The molecule has 0 fully saturated rings. The lowest BCUT2D eigenvalue weighted by Gasteiger charge is -2.21. The molecule has 0 radical (unpaired) electrons. The van der Waals surface area contributed by atoms with Gasteiger partial charge in [-0.05, 0) is 29.5 Å². The molecule has 0 bridgehead atoms. The monoisotopic (exact) mass is 282 g/mol. The highest BCUT2D eigenvalue weighted by atomic mass is 16.1. The second-order valence-electron chi connectivity index (χ2n) is 5.60. The van der Waals surface area contributed by atoms with Crippen LogP contribution in [0.15, 0.2) is 54.6 Å². The van der Waals surface area contributed by atoms with Gasteiger partial charge in [-0.2, -0.15) is 0 Å². The Kier molecular flexibility index (Phi) is 4.99. The third-order valence-electron chi connectivity index (χ3n) is 3.67. The van der Waals surface area contributed by atoms with E-state index < -0.39 is 0 Å². The number of nitrogens with one attached hydrogen (secondary N) is 1. The number of rotatable bonds is 5. The van der Waals surface area contributed by atoms with Crippen LogP contribution in [0.25, 0.3) is 0 Å². The number of carbonyl (C=O) groups is 1. The van der Waals surface area contributed by atoms with Gasteiger partial charge >= 0.3 is 0 Å². The van der Waals surface area contributed by atoms with Crippen molar-refractivity contribution in [3.63, 3.8) is 0 Å². The van der Waals surface area contributed by atoms with E-state index in [9.17, 15) is 4.79 Å². The third-order valence-corrected chi connectivity index (χ3v) is 3.67. The second kappa shape index (κ2) is 6.93. The molecule has 1 unspecified atom stereocenters. The second-order valence-corrected chi connectivity index (χ2v) is 5.60. The zero-order chi connectivity index (χ0) is 15.2. The molecule has 0 spiro atoms. The molecule has 0 aromatic heterocycles. The van der Waals surface area contributed by atoms with Crippen molar-refractivity contribution in [2.45, 2.75) is 26.2 Å². The van der Waals surface area contributed by atoms with Crippen molar-refractivity contribution in [3.8, 4) is 0 Å². The molecule has 1 amide bonds. The highest BCUT2D eigenvalue weighted by molar-refractivity contribution is 5.94. The van der Waals surface area contributed by atoms with Gasteiger partial charge in [0, 0.05) is 6.42 Å².